The van der Waals surface area contributed by atoms with Crippen LogP contribution in [0.15, 0.2) is 47.9 Å². The van der Waals surface area contributed by atoms with Crippen LogP contribution in [0, 0.1) is 0 Å². The lowest BCUT2D eigenvalue weighted by Crippen LogP contribution is -2.41. The number of ether oxygens (including phenoxy) is 2. The first kappa shape index (κ1) is 16.1. The van der Waals surface area contributed by atoms with E-state index in [1.165, 1.54) is 11.8 Å². The van der Waals surface area contributed by atoms with Crippen molar-refractivity contribution in [3.63, 3.8) is 0 Å². The van der Waals surface area contributed by atoms with Gasteiger partial charge in [0.25, 0.3) is 0 Å². The standard InChI is InChI=1S/C16H21NO3S/c1-4-10-17-15(18)14(16-19-11(2)12(3)20-16)21-13-8-6-5-7-9-13/h4-9,11-12,14,16H,1,10H2,2-3H3,(H,17,18)/t11-,12-,14?/m1/s1. The van der Waals surface area contributed by atoms with Crippen LogP contribution in [0.3, 0.4) is 0 Å². The first-order valence-electron chi connectivity index (χ1n) is 7.03. The zero-order chi connectivity index (χ0) is 15.2. The highest BCUT2D eigenvalue weighted by atomic mass is 32.2. The molecule has 0 saturated carbocycles. The van der Waals surface area contributed by atoms with Crippen LogP contribution >= 0.6 is 11.8 Å². The Labute approximate surface area is 129 Å². The number of nitrogens with one attached hydrogen (secondary N) is 1. The quantitative estimate of drug-likeness (QED) is 0.648. The molecule has 1 aliphatic rings. The van der Waals surface area contributed by atoms with Gasteiger partial charge in [0.15, 0.2) is 6.29 Å². The summed E-state index contributed by atoms with van der Waals surface area (Å²) < 4.78 is 11.6. The van der Waals surface area contributed by atoms with Gasteiger partial charge in [0.2, 0.25) is 5.91 Å². The number of benzene rings is 1. The van der Waals surface area contributed by atoms with Gasteiger partial charge < -0.3 is 14.8 Å². The molecule has 1 saturated heterocycles. The number of thioether (sulfide) groups is 1. The van der Waals surface area contributed by atoms with E-state index in [2.05, 4.69) is 11.9 Å². The van der Waals surface area contributed by atoms with Crippen LogP contribution in [0.5, 0.6) is 0 Å². The molecule has 1 N–H and O–H groups in total. The zero-order valence-corrected chi connectivity index (χ0v) is 13.1. The van der Waals surface area contributed by atoms with E-state index < -0.39 is 11.5 Å². The second-order valence-corrected chi connectivity index (χ2v) is 6.15. The van der Waals surface area contributed by atoms with Crippen molar-refractivity contribution in [1.29, 1.82) is 0 Å². The SMILES string of the molecule is C=CCNC(=O)C(Sc1ccccc1)C1O[C@H](C)[C@@H](C)O1. The third kappa shape index (κ3) is 4.33. The van der Waals surface area contributed by atoms with E-state index in [0.717, 1.165) is 4.90 Å². The maximum Gasteiger partial charge on any atom is 0.238 e. The summed E-state index contributed by atoms with van der Waals surface area (Å²) in [5, 5.41) is 2.38. The van der Waals surface area contributed by atoms with Gasteiger partial charge >= 0.3 is 0 Å². The minimum atomic E-state index is -0.537. The summed E-state index contributed by atoms with van der Waals surface area (Å²) in [5.41, 5.74) is 0. The average molecular weight is 307 g/mol. The number of carbonyl (C=O) groups is 1. The molecule has 1 aliphatic heterocycles. The number of amides is 1. The zero-order valence-electron chi connectivity index (χ0n) is 12.3. The number of hydrogen-bond donors (Lipinski definition) is 1. The molecule has 1 fully saturated rings. The molecule has 0 aliphatic carbocycles. The molecule has 114 valence electrons. The van der Waals surface area contributed by atoms with Gasteiger partial charge in [-0.3, -0.25) is 4.79 Å². The van der Waals surface area contributed by atoms with Crippen molar-refractivity contribution in [2.75, 3.05) is 6.54 Å². The van der Waals surface area contributed by atoms with Gasteiger partial charge in [0.1, 0.15) is 5.25 Å². The van der Waals surface area contributed by atoms with E-state index in [0.29, 0.717) is 6.54 Å². The Hall–Kier alpha value is -1.30. The Balaban J connectivity index is 2.10. The summed E-state index contributed by atoms with van der Waals surface area (Å²) in [6.07, 6.45) is 1.09. The van der Waals surface area contributed by atoms with Crippen LogP contribution in [0.25, 0.3) is 0 Å². The van der Waals surface area contributed by atoms with E-state index in [1.54, 1.807) is 6.08 Å². The molecule has 2 rings (SSSR count). The summed E-state index contributed by atoms with van der Waals surface area (Å²) in [7, 11) is 0. The van der Waals surface area contributed by atoms with Crippen molar-refractivity contribution in [3.8, 4) is 0 Å². The molecule has 5 heteroatoms. The fourth-order valence-electron chi connectivity index (χ4n) is 1.97. The maximum atomic E-state index is 12.4. The van der Waals surface area contributed by atoms with Gasteiger partial charge in [-0.25, -0.2) is 0 Å². The van der Waals surface area contributed by atoms with Gasteiger partial charge in [0, 0.05) is 11.4 Å². The highest BCUT2D eigenvalue weighted by Crippen LogP contribution is 2.32. The van der Waals surface area contributed by atoms with Crippen molar-refractivity contribution in [2.45, 2.75) is 42.5 Å². The minimum absolute atomic E-state index is 0.0129. The van der Waals surface area contributed by atoms with Crippen LogP contribution in [0.2, 0.25) is 0 Å². The van der Waals surface area contributed by atoms with E-state index in [-0.39, 0.29) is 18.1 Å². The summed E-state index contributed by atoms with van der Waals surface area (Å²) in [6.45, 7) is 7.96. The topological polar surface area (TPSA) is 47.6 Å². The third-order valence-electron chi connectivity index (χ3n) is 3.29. The Bertz CT molecular complexity index is 470. The molecule has 0 bridgehead atoms. The van der Waals surface area contributed by atoms with Crippen LogP contribution in [-0.2, 0) is 14.3 Å². The fourth-order valence-corrected chi connectivity index (χ4v) is 3.01. The van der Waals surface area contributed by atoms with E-state index in [9.17, 15) is 4.79 Å². The van der Waals surface area contributed by atoms with Crippen molar-refractivity contribution < 1.29 is 14.3 Å². The first-order valence-corrected chi connectivity index (χ1v) is 7.91. The maximum absolute atomic E-state index is 12.4. The second kappa shape index (κ2) is 7.64. The van der Waals surface area contributed by atoms with Gasteiger partial charge in [-0.1, -0.05) is 24.3 Å². The summed E-state index contributed by atoms with van der Waals surface area (Å²) in [4.78, 5) is 13.4. The molecule has 0 spiro atoms. The Morgan fingerprint density at radius 3 is 2.52 bits per heavy atom. The minimum Gasteiger partial charge on any atom is -0.351 e. The Morgan fingerprint density at radius 2 is 1.95 bits per heavy atom. The lowest BCUT2D eigenvalue weighted by molar-refractivity contribution is -0.129. The van der Waals surface area contributed by atoms with E-state index in [1.807, 2.05) is 44.2 Å². The summed E-state index contributed by atoms with van der Waals surface area (Å²) >= 11 is 1.45. The average Bonchev–Trinajstić information content (AvgIpc) is 2.82. The molecule has 4 nitrogen and oxygen atoms in total. The highest BCUT2D eigenvalue weighted by Gasteiger charge is 2.39. The largest absolute Gasteiger partial charge is 0.351 e. The van der Waals surface area contributed by atoms with Crippen LogP contribution < -0.4 is 5.32 Å². The first-order chi connectivity index (χ1) is 10.1. The number of carbonyl (C=O) groups excluding carboxylic acids is 1. The molecule has 1 aromatic rings. The predicted molar refractivity (Wildman–Crippen MR) is 84.2 cm³/mol. The van der Waals surface area contributed by atoms with Crippen LogP contribution in [-0.4, -0.2) is 36.2 Å². The Kier molecular flexibility index (Phi) is 5.85. The van der Waals surface area contributed by atoms with Gasteiger partial charge in [-0.15, -0.1) is 18.3 Å². The molecule has 21 heavy (non-hydrogen) atoms. The third-order valence-corrected chi connectivity index (χ3v) is 4.53. The molecular weight excluding hydrogens is 286 g/mol. The normalized spacial score (nSPS) is 23.7. The predicted octanol–water partition coefficient (Wildman–Crippen LogP) is 2.60. The monoisotopic (exact) mass is 307 g/mol. The Morgan fingerprint density at radius 1 is 1.33 bits per heavy atom. The van der Waals surface area contributed by atoms with Crippen LogP contribution in [0.1, 0.15) is 13.8 Å². The van der Waals surface area contributed by atoms with Crippen LogP contribution in [0.4, 0.5) is 0 Å². The summed E-state index contributed by atoms with van der Waals surface area (Å²) in [6, 6.07) is 9.79. The highest BCUT2D eigenvalue weighted by molar-refractivity contribution is 8.00. The second-order valence-electron chi connectivity index (χ2n) is 4.94. The molecule has 1 heterocycles. The van der Waals surface area contributed by atoms with Crippen molar-refractivity contribution >= 4 is 17.7 Å². The number of rotatable bonds is 6. The molecule has 1 amide bonds. The van der Waals surface area contributed by atoms with Gasteiger partial charge in [0.05, 0.1) is 12.2 Å². The molecule has 3 atom stereocenters. The molecule has 0 radical (unpaired) electrons. The summed E-state index contributed by atoms with van der Waals surface area (Å²) in [5.74, 6) is -0.102. The van der Waals surface area contributed by atoms with E-state index in [4.69, 9.17) is 9.47 Å². The van der Waals surface area contributed by atoms with Crippen molar-refractivity contribution in [2.24, 2.45) is 0 Å². The van der Waals surface area contributed by atoms with E-state index >= 15 is 0 Å². The van der Waals surface area contributed by atoms with Crippen molar-refractivity contribution in [1.82, 2.24) is 5.32 Å². The van der Waals surface area contributed by atoms with Gasteiger partial charge in [-0.2, -0.15) is 0 Å². The van der Waals surface area contributed by atoms with Gasteiger partial charge in [-0.05, 0) is 26.0 Å². The lowest BCUT2D eigenvalue weighted by Gasteiger charge is -2.21. The molecule has 1 unspecified atom stereocenters. The fraction of sp³-hybridized carbons (Fsp3) is 0.438. The molecule has 1 aromatic carbocycles. The molecular formula is C16H21NO3S. The molecule has 0 aromatic heterocycles. The lowest BCUT2D eigenvalue weighted by atomic mass is 10.3. The number of hydrogen-bond acceptors (Lipinski definition) is 4. The smallest absolute Gasteiger partial charge is 0.238 e. The van der Waals surface area contributed by atoms with Crippen molar-refractivity contribution in [3.05, 3.63) is 43.0 Å².